The van der Waals surface area contributed by atoms with Gasteiger partial charge in [0, 0.05) is 23.9 Å². The van der Waals surface area contributed by atoms with Gasteiger partial charge in [-0.1, -0.05) is 78.9 Å². The number of aliphatic hydroxyl groups is 1. The van der Waals surface area contributed by atoms with E-state index in [2.05, 4.69) is 58.8 Å². The fourth-order valence-electron chi connectivity index (χ4n) is 3.78. The summed E-state index contributed by atoms with van der Waals surface area (Å²) in [4.78, 5) is 4.48. The smallest absolute Gasteiger partial charge is 0.213 e. The van der Waals surface area contributed by atoms with Crippen LogP contribution in [0.3, 0.4) is 0 Å². The molecule has 4 heteroatoms. The normalized spacial score (nSPS) is 12.2. The highest BCUT2D eigenvalue weighted by Gasteiger charge is 2.14. The molecule has 1 atom stereocenters. The highest BCUT2D eigenvalue weighted by Crippen LogP contribution is 2.27. The minimum atomic E-state index is -0.597. The minimum absolute atomic E-state index is 0.207. The lowest BCUT2D eigenvalue weighted by Crippen LogP contribution is -2.32. The van der Waals surface area contributed by atoms with Gasteiger partial charge >= 0.3 is 0 Å². The van der Waals surface area contributed by atoms with E-state index >= 15 is 0 Å². The maximum atomic E-state index is 10.3. The standard InChI is InChI=1S/C27H28N2O2/c30-24(20-31-27-16-15-23-13-7-8-14-26(23)29-27)19-28-18-17-25(21-9-3-1-4-10-21)22-11-5-2-6-12-22/h1-16,24-25,28,30H,17-20H2. The van der Waals surface area contributed by atoms with Crippen LogP contribution in [-0.2, 0) is 0 Å². The Bertz CT molecular complexity index is 1030. The van der Waals surface area contributed by atoms with Crippen molar-refractivity contribution in [2.75, 3.05) is 19.7 Å². The largest absolute Gasteiger partial charge is 0.475 e. The van der Waals surface area contributed by atoms with Gasteiger partial charge < -0.3 is 15.2 Å². The van der Waals surface area contributed by atoms with E-state index in [0.717, 1.165) is 23.9 Å². The molecule has 0 saturated carbocycles. The molecule has 4 aromatic rings. The Hall–Kier alpha value is -3.21. The Labute approximate surface area is 183 Å². The van der Waals surface area contributed by atoms with Crippen LogP contribution < -0.4 is 10.1 Å². The summed E-state index contributed by atoms with van der Waals surface area (Å²) >= 11 is 0. The van der Waals surface area contributed by atoms with E-state index < -0.39 is 6.10 Å². The lowest BCUT2D eigenvalue weighted by molar-refractivity contribution is 0.104. The molecule has 0 aliphatic heterocycles. The number of hydrogen-bond acceptors (Lipinski definition) is 4. The zero-order valence-corrected chi connectivity index (χ0v) is 17.5. The zero-order valence-electron chi connectivity index (χ0n) is 17.5. The van der Waals surface area contributed by atoms with Gasteiger partial charge in [0.1, 0.15) is 12.7 Å². The highest BCUT2D eigenvalue weighted by molar-refractivity contribution is 5.78. The number of para-hydroxylation sites is 1. The van der Waals surface area contributed by atoms with Crippen LogP contribution in [0, 0.1) is 0 Å². The molecule has 0 bridgehead atoms. The van der Waals surface area contributed by atoms with Gasteiger partial charge in [0.15, 0.2) is 0 Å². The second-order valence-electron chi connectivity index (χ2n) is 7.67. The Kier molecular flexibility index (Phi) is 7.27. The first-order chi connectivity index (χ1) is 15.3. The van der Waals surface area contributed by atoms with Gasteiger partial charge in [-0.25, -0.2) is 4.98 Å². The molecule has 4 rings (SSSR count). The third-order valence-corrected chi connectivity index (χ3v) is 5.39. The van der Waals surface area contributed by atoms with Crippen molar-refractivity contribution in [3.63, 3.8) is 0 Å². The summed E-state index contributed by atoms with van der Waals surface area (Å²) in [7, 11) is 0. The van der Waals surface area contributed by atoms with Crippen LogP contribution in [0.15, 0.2) is 97.1 Å². The van der Waals surface area contributed by atoms with E-state index in [1.807, 2.05) is 48.5 Å². The number of aromatic nitrogens is 1. The number of nitrogens with one attached hydrogen (secondary N) is 1. The number of ether oxygens (including phenoxy) is 1. The second kappa shape index (κ2) is 10.7. The highest BCUT2D eigenvalue weighted by atomic mass is 16.5. The molecule has 1 heterocycles. The first kappa shape index (κ1) is 21.0. The van der Waals surface area contributed by atoms with E-state index in [9.17, 15) is 5.11 Å². The molecule has 158 valence electrons. The minimum Gasteiger partial charge on any atom is -0.475 e. The van der Waals surface area contributed by atoms with Gasteiger partial charge in [0.05, 0.1) is 5.52 Å². The van der Waals surface area contributed by atoms with E-state index in [-0.39, 0.29) is 6.61 Å². The predicted octanol–water partition coefficient (Wildman–Crippen LogP) is 4.79. The molecule has 0 spiro atoms. The summed E-state index contributed by atoms with van der Waals surface area (Å²) in [6.45, 7) is 1.49. The molecule has 0 saturated heterocycles. The molecule has 2 N–H and O–H groups in total. The summed E-state index contributed by atoms with van der Waals surface area (Å²) in [5.74, 6) is 0.857. The first-order valence-electron chi connectivity index (χ1n) is 10.8. The maximum Gasteiger partial charge on any atom is 0.213 e. The molecule has 4 nitrogen and oxygen atoms in total. The quantitative estimate of drug-likeness (QED) is 0.368. The van der Waals surface area contributed by atoms with Crippen LogP contribution >= 0.6 is 0 Å². The molecular weight excluding hydrogens is 384 g/mol. The Morgan fingerprint density at radius 1 is 0.774 bits per heavy atom. The van der Waals surface area contributed by atoms with Crippen molar-refractivity contribution in [2.24, 2.45) is 0 Å². The molecule has 0 aliphatic carbocycles. The van der Waals surface area contributed by atoms with E-state index in [4.69, 9.17) is 4.74 Å². The number of nitrogens with zero attached hydrogens (tertiary/aromatic N) is 1. The van der Waals surface area contributed by atoms with Crippen LogP contribution in [0.2, 0.25) is 0 Å². The van der Waals surface area contributed by atoms with Crippen molar-refractivity contribution in [1.29, 1.82) is 0 Å². The zero-order chi connectivity index (χ0) is 21.3. The van der Waals surface area contributed by atoms with Crippen LogP contribution in [0.5, 0.6) is 5.88 Å². The van der Waals surface area contributed by atoms with E-state index in [0.29, 0.717) is 18.3 Å². The Morgan fingerprint density at radius 3 is 2.13 bits per heavy atom. The molecule has 0 aliphatic rings. The maximum absolute atomic E-state index is 10.3. The number of pyridine rings is 1. The number of aliphatic hydroxyl groups excluding tert-OH is 1. The SMILES string of the molecule is OC(CNCCC(c1ccccc1)c1ccccc1)COc1ccc2ccccc2n1. The molecule has 1 aromatic heterocycles. The van der Waals surface area contributed by atoms with Crippen molar-refractivity contribution in [2.45, 2.75) is 18.4 Å². The lowest BCUT2D eigenvalue weighted by Gasteiger charge is -2.19. The number of benzene rings is 3. The molecule has 0 fully saturated rings. The van der Waals surface area contributed by atoms with Crippen molar-refractivity contribution in [1.82, 2.24) is 10.3 Å². The fourth-order valence-corrected chi connectivity index (χ4v) is 3.78. The Morgan fingerprint density at radius 2 is 1.42 bits per heavy atom. The van der Waals surface area contributed by atoms with Crippen LogP contribution in [-0.4, -0.2) is 35.9 Å². The molecule has 0 radical (unpaired) electrons. The average Bonchev–Trinajstić information content (AvgIpc) is 2.83. The molecule has 3 aromatic carbocycles. The van der Waals surface area contributed by atoms with Crippen LogP contribution in [0.1, 0.15) is 23.5 Å². The van der Waals surface area contributed by atoms with Gasteiger partial charge in [0.25, 0.3) is 0 Å². The van der Waals surface area contributed by atoms with Crippen molar-refractivity contribution in [3.8, 4) is 5.88 Å². The third kappa shape index (κ3) is 5.91. The second-order valence-corrected chi connectivity index (χ2v) is 7.67. The first-order valence-corrected chi connectivity index (χ1v) is 10.8. The lowest BCUT2D eigenvalue weighted by atomic mass is 9.88. The van der Waals surface area contributed by atoms with Crippen LogP contribution in [0.4, 0.5) is 0 Å². The Balaban J connectivity index is 1.25. The van der Waals surface area contributed by atoms with Gasteiger partial charge in [-0.3, -0.25) is 0 Å². The molecule has 31 heavy (non-hydrogen) atoms. The van der Waals surface area contributed by atoms with Crippen molar-refractivity contribution < 1.29 is 9.84 Å². The van der Waals surface area contributed by atoms with Gasteiger partial charge in [0.2, 0.25) is 5.88 Å². The predicted molar refractivity (Wildman–Crippen MR) is 125 cm³/mol. The fraction of sp³-hybridized carbons (Fsp3) is 0.222. The van der Waals surface area contributed by atoms with Gasteiger partial charge in [-0.2, -0.15) is 0 Å². The molecule has 0 amide bonds. The summed E-state index contributed by atoms with van der Waals surface area (Å²) in [6.07, 6.45) is 0.355. The summed E-state index contributed by atoms with van der Waals surface area (Å²) in [6, 6.07) is 32.9. The van der Waals surface area contributed by atoms with Crippen LogP contribution in [0.25, 0.3) is 10.9 Å². The summed E-state index contributed by atoms with van der Waals surface area (Å²) in [5, 5.41) is 14.8. The van der Waals surface area contributed by atoms with Gasteiger partial charge in [-0.15, -0.1) is 0 Å². The third-order valence-electron chi connectivity index (χ3n) is 5.39. The number of rotatable bonds is 10. The monoisotopic (exact) mass is 412 g/mol. The average molecular weight is 413 g/mol. The van der Waals surface area contributed by atoms with Crippen molar-refractivity contribution in [3.05, 3.63) is 108 Å². The van der Waals surface area contributed by atoms with Gasteiger partial charge in [-0.05, 0) is 36.2 Å². The molecular formula is C27H28N2O2. The molecule has 1 unspecified atom stereocenters. The number of hydrogen-bond donors (Lipinski definition) is 2. The van der Waals surface area contributed by atoms with E-state index in [1.54, 1.807) is 0 Å². The van der Waals surface area contributed by atoms with Crippen molar-refractivity contribution >= 4 is 10.9 Å². The van der Waals surface area contributed by atoms with E-state index in [1.165, 1.54) is 11.1 Å². The summed E-state index contributed by atoms with van der Waals surface area (Å²) in [5.41, 5.74) is 3.50. The topological polar surface area (TPSA) is 54.4 Å². The summed E-state index contributed by atoms with van der Waals surface area (Å²) < 4.78 is 5.69. The number of fused-ring (bicyclic) bond motifs is 1.